The van der Waals surface area contributed by atoms with E-state index in [4.69, 9.17) is 5.73 Å². The Morgan fingerprint density at radius 3 is 2.28 bits per heavy atom. The molecule has 1 fully saturated rings. The molecule has 0 bridgehead atoms. The van der Waals surface area contributed by atoms with Crippen molar-refractivity contribution in [1.29, 1.82) is 0 Å². The summed E-state index contributed by atoms with van der Waals surface area (Å²) in [5, 5.41) is 0. The summed E-state index contributed by atoms with van der Waals surface area (Å²) in [6.45, 7) is 8.19. The van der Waals surface area contributed by atoms with Crippen LogP contribution in [-0.2, 0) is 10.0 Å². The van der Waals surface area contributed by atoms with Crippen molar-refractivity contribution in [2.75, 3.05) is 5.73 Å². The van der Waals surface area contributed by atoms with Gasteiger partial charge in [-0.1, -0.05) is 27.7 Å². The van der Waals surface area contributed by atoms with Crippen molar-refractivity contribution in [2.45, 2.75) is 38.6 Å². The fourth-order valence-electron chi connectivity index (χ4n) is 2.32. The minimum Gasteiger partial charge on any atom is -0.398 e. The Bertz CT molecular complexity index is 565. The number of anilines is 1. The van der Waals surface area contributed by atoms with Crippen LogP contribution in [0.2, 0.25) is 0 Å². The molecule has 0 spiro atoms. The van der Waals surface area contributed by atoms with Crippen molar-refractivity contribution in [3.8, 4) is 0 Å². The van der Waals surface area contributed by atoms with E-state index in [0.717, 1.165) is 0 Å². The van der Waals surface area contributed by atoms with Gasteiger partial charge in [-0.3, -0.25) is 4.98 Å². The summed E-state index contributed by atoms with van der Waals surface area (Å²) in [5.74, 6) is 0. The first-order valence-corrected chi connectivity index (χ1v) is 7.31. The fourth-order valence-corrected chi connectivity index (χ4v) is 3.93. The van der Waals surface area contributed by atoms with Gasteiger partial charge in [-0.15, -0.1) is 0 Å². The molecule has 6 heteroatoms. The Kier molecular flexibility index (Phi) is 2.72. The molecule has 1 aliphatic carbocycles. The van der Waals surface area contributed by atoms with Crippen molar-refractivity contribution in [3.63, 3.8) is 0 Å². The molecule has 100 valence electrons. The second-order valence-corrected chi connectivity index (χ2v) is 7.59. The molecule has 18 heavy (non-hydrogen) atoms. The zero-order valence-corrected chi connectivity index (χ0v) is 11.9. The van der Waals surface area contributed by atoms with Gasteiger partial charge in [0.2, 0.25) is 10.0 Å². The molecule has 0 radical (unpaired) electrons. The molecule has 0 saturated heterocycles. The van der Waals surface area contributed by atoms with Gasteiger partial charge in [0.1, 0.15) is 4.90 Å². The fraction of sp³-hybridized carbons (Fsp3) is 0.583. The third-order valence-corrected chi connectivity index (χ3v) is 5.87. The molecule has 3 N–H and O–H groups in total. The van der Waals surface area contributed by atoms with Gasteiger partial charge >= 0.3 is 0 Å². The van der Waals surface area contributed by atoms with Gasteiger partial charge in [0, 0.05) is 18.4 Å². The topological polar surface area (TPSA) is 85.1 Å². The van der Waals surface area contributed by atoms with Gasteiger partial charge in [-0.05, 0) is 16.9 Å². The van der Waals surface area contributed by atoms with Gasteiger partial charge < -0.3 is 5.73 Å². The predicted molar refractivity (Wildman–Crippen MR) is 70.3 cm³/mol. The third kappa shape index (κ3) is 1.80. The van der Waals surface area contributed by atoms with E-state index in [9.17, 15) is 8.42 Å². The van der Waals surface area contributed by atoms with Gasteiger partial charge in [0.05, 0.1) is 5.69 Å². The molecule has 1 saturated carbocycles. The summed E-state index contributed by atoms with van der Waals surface area (Å²) >= 11 is 0. The van der Waals surface area contributed by atoms with Crippen molar-refractivity contribution < 1.29 is 8.42 Å². The smallest absolute Gasteiger partial charge is 0.244 e. The lowest BCUT2D eigenvalue weighted by Gasteiger charge is -2.09. The highest BCUT2D eigenvalue weighted by atomic mass is 32.2. The molecule has 1 aliphatic rings. The van der Waals surface area contributed by atoms with Crippen LogP contribution in [0.1, 0.15) is 27.7 Å². The van der Waals surface area contributed by atoms with Gasteiger partial charge in [0.15, 0.2) is 0 Å². The molecule has 2 rings (SSSR count). The highest BCUT2D eigenvalue weighted by molar-refractivity contribution is 7.89. The number of nitrogens with zero attached hydrogens (tertiary/aromatic N) is 1. The zero-order chi connectivity index (χ0) is 13.8. The van der Waals surface area contributed by atoms with Crippen molar-refractivity contribution in [1.82, 2.24) is 9.71 Å². The van der Waals surface area contributed by atoms with Crippen LogP contribution < -0.4 is 10.5 Å². The van der Waals surface area contributed by atoms with E-state index in [0.29, 0.717) is 0 Å². The second-order valence-electron chi connectivity index (χ2n) is 5.91. The molecule has 1 aromatic rings. The van der Waals surface area contributed by atoms with Crippen LogP contribution in [0.5, 0.6) is 0 Å². The van der Waals surface area contributed by atoms with E-state index < -0.39 is 10.0 Å². The summed E-state index contributed by atoms with van der Waals surface area (Å²) in [7, 11) is -3.61. The van der Waals surface area contributed by atoms with Crippen LogP contribution in [0.25, 0.3) is 0 Å². The van der Waals surface area contributed by atoms with Gasteiger partial charge in [-0.25, -0.2) is 13.1 Å². The van der Waals surface area contributed by atoms with E-state index in [1.165, 1.54) is 18.5 Å². The lowest BCUT2D eigenvalue weighted by Crippen LogP contribution is -2.30. The van der Waals surface area contributed by atoms with Crippen LogP contribution in [0.15, 0.2) is 23.4 Å². The van der Waals surface area contributed by atoms with Crippen molar-refractivity contribution in [3.05, 3.63) is 18.5 Å². The molecule has 0 atom stereocenters. The zero-order valence-electron chi connectivity index (χ0n) is 11.1. The standard InChI is InChI=1S/C12H19N3O2S/c1-11(2)10(12(11,3)4)15-18(16,17)9-7-14-6-5-8(9)13/h5-7,10,15H,1-4H3,(H2,13,14). The van der Waals surface area contributed by atoms with Crippen LogP contribution in [-0.4, -0.2) is 19.4 Å². The summed E-state index contributed by atoms with van der Waals surface area (Å²) in [5.41, 5.74) is 5.78. The van der Waals surface area contributed by atoms with E-state index in [2.05, 4.69) is 9.71 Å². The molecule has 5 nitrogen and oxygen atoms in total. The summed E-state index contributed by atoms with van der Waals surface area (Å²) in [6, 6.07) is 1.40. The number of nitrogens with two attached hydrogens (primary N) is 1. The minimum absolute atomic E-state index is 0.0449. The first-order valence-electron chi connectivity index (χ1n) is 5.82. The molecular weight excluding hydrogens is 250 g/mol. The Morgan fingerprint density at radius 1 is 1.28 bits per heavy atom. The van der Waals surface area contributed by atoms with Crippen LogP contribution in [0.3, 0.4) is 0 Å². The monoisotopic (exact) mass is 269 g/mol. The van der Waals surface area contributed by atoms with E-state index in [1.54, 1.807) is 0 Å². The molecule has 0 aliphatic heterocycles. The highest BCUT2D eigenvalue weighted by Crippen LogP contribution is 2.62. The Labute approximate surface area is 108 Å². The maximum atomic E-state index is 12.2. The lowest BCUT2D eigenvalue weighted by molar-refractivity contribution is 0.457. The Balaban J connectivity index is 2.29. The number of rotatable bonds is 3. The third-order valence-electron chi connectivity index (χ3n) is 4.40. The number of hydrogen-bond acceptors (Lipinski definition) is 4. The number of sulfonamides is 1. The summed E-state index contributed by atoms with van der Waals surface area (Å²) in [4.78, 5) is 3.86. The quantitative estimate of drug-likeness (QED) is 0.868. The number of pyridine rings is 1. The number of nitrogens with one attached hydrogen (secondary N) is 1. The van der Waals surface area contributed by atoms with Gasteiger partial charge in [0.25, 0.3) is 0 Å². The van der Waals surface area contributed by atoms with Gasteiger partial charge in [-0.2, -0.15) is 0 Å². The summed E-state index contributed by atoms with van der Waals surface area (Å²) < 4.78 is 27.2. The first kappa shape index (κ1) is 13.3. The van der Waals surface area contributed by atoms with Crippen LogP contribution in [0, 0.1) is 10.8 Å². The predicted octanol–water partition coefficient (Wildman–Crippen LogP) is 1.38. The van der Waals surface area contributed by atoms with Crippen molar-refractivity contribution in [2.24, 2.45) is 10.8 Å². The van der Waals surface area contributed by atoms with E-state index in [1.807, 2.05) is 27.7 Å². The molecular formula is C12H19N3O2S. The molecule has 0 aromatic carbocycles. The van der Waals surface area contributed by atoms with Crippen molar-refractivity contribution >= 4 is 15.7 Å². The minimum atomic E-state index is -3.61. The second kappa shape index (κ2) is 3.68. The lowest BCUT2D eigenvalue weighted by atomic mass is 10.0. The van der Waals surface area contributed by atoms with Crippen LogP contribution in [0.4, 0.5) is 5.69 Å². The maximum absolute atomic E-state index is 12.2. The Morgan fingerprint density at radius 2 is 1.83 bits per heavy atom. The van der Waals surface area contributed by atoms with E-state index in [-0.39, 0.29) is 27.5 Å². The molecule has 0 amide bonds. The SMILES string of the molecule is CC1(C)C(NS(=O)(=O)c2cnccc2N)C1(C)C. The Hall–Kier alpha value is -1.14. The first-order chi connectivity index (χ1) is 8.11. The number of aromatic nitrogens is 1. The summed E-state index contributed by atoms with van der Waals surface area (Å²) in [6.07, 6.45) is 2.75. The molecule has 1 aromatic heterocycles. The number of nitrogen functional groups attached to an aromatic ring is 1. The maximum Gasteiger partial charge on any atom is 0.244 e. The average molecular weight is 269 g/mol. The van der Waals surface area contributed by atoms with E-state index >= 15 is 0 Å². The number of hydrogen-bond donors (Lipinski definition) is 2. The molecule has 1 heterocycles. The largest absolute Gasteiger partial charge is 0.398 e. The average Bonchev–Trinajstić information content (AvgIpc) is 2.61. The normalized spacial score (nSPS) is 21.8. The van der Waals surface area contributed by atoms with Crippen LogP contribution >= 0.6 is 0 Å². The molecule has 0 unspecified atom stereocenters. The highest BCUT2D eigenvalue weighted by Gasteiger charge is 2.66.